The minimum atomic E-state index is -4.74. The highest BCUT2D eigenvalue weighted by Gasteiger charge is 2.33. The van der Waals surface area contributed by atoms with Crippen LogP contribution in [0.1, 0.15) is 57.1 Å². The lowest BCUT2D eigenvalue weighted by Gasteiger charge is -2.38. The van der Waals surface area contributed by atoms with Gasteiger partial charge in [-0.2, -0.15) is 4.99 Å². The van der Waals surface area contributed by atoms with Crippen LogP contribution in [0.2, 0.25) is 0 Å². The average Bonchev–Trinajstić information content (AvgIpc) is 3.05. The maximum absolute atomic E-state index is 13.7. The van der Waals surface area contributed by atoms with Crippen molar-refractivity contribution in [1.82, 2.24) is 15.5 Å². The Morgan fingerprint density at radius 3 is 2.50 bits per heavy atom. The van der Waals surface area contributed by atoms with E-state index in [0.717, 1.165) is 44.1 Å². The predicted molar refractivity (Wildman–Crippen MR) is 166 cm³/mol. The summed E-state index contributed by atoms with van der Waals surface area (Å²) in [5, 5.41) is 6.97. The zero-order valence-electron chi connectivity index (χ0n) is 26.7. The van der Waals surface area contributed by atoms with E-state index in [1.165, 1.54) is 19.2 Å². The molecular formula is C32H46F3N5O6. The smallest absolute Gasteiger partial charge is 0.469 e. The van der Waals surface area contributed by atoms with Crippen molar-refractivity contribution in [3.8, 4) is 5.75 Å². The number of carbonyl (C=O) groups excluding carboxylic acids is 1. The second-order valence-corrected chi connectivity index (χ2v) is 11.8. The number of piperidine rings is 1. The van der Waals surface area contributed by atoms with Crippen LogP contribution in [0, 0.1) is 0 Å². The minimum absolute atomic E-state index is 0.00801. The van der Waals surface area contributed by atoms with Crippen LogP contribution >= 0.6 is 0 Å². The largest absolute Gasteiger partial charge is 0.573 e. The van der Waals surface area contributed by atoms with Crippen LogP contribution in [-0.2, 0) is 23.7 Å². The number of amides is 1. The Morgan fingerprint density at radius 2 is 1.85 bits per heavy atom. The van der Waals surface area contributed by atoms with Gasteiger partial charge in [-0.15, -0.1) is 13.2 Å². The third-order valence-corrected chi connectivity index (χ3v) is 8.66. The number of nitrogens with one attached hydrogen (secondary N) is 2. The van der Waals surface area contributed by atoms with Crippen molar-refractivity contribution in [1.29, 1.82) is 0 Å². The lowest BCUT2D eigenvalue weighted by Crippen LogP contribution is -2.54. The molecule has 11 nitrogen and oxygen atoms in total. The first-order valence-electron chi connectivity index (χ1n) is 15.7. The van der Waals surface area contributed by atoms with Crippen molar-refractivity contribution in [2.75, 3.05) is 47.1 Å². The van der Waals surface area contributed by atoms with Gasteiger partial charge in [0, 0.05) is 56.7 Å². The van der Waals surface area contributed by atoms with Gasteiger partial charge in [0.25, 0.3) is 11.9 Å². The fourth-order valence-corrected chi connectivity index (χ4v) is 5.98. The number of methoxy groups -OCH3 is 2. The number of hydrogen-bond acceptors (Lipinski definition) is 9. The Labute approximate surface area is 268 Å². The van der Waals surface area contributed by atoms with Gasteiger partial charge < -0.3 is 45.0 Å². The van der Waals surface area contributed by atoms with Gasteiger partial charge in [-0.1, -0.05) is 18.7 Å². The van der Waals surface area contributed by atoms with E-state index in [2.05, 4.69) is 26.9 Å². The molecule has 0 unspecified atom stereocenters. The molecule has 14 heteroatoms. The first-order chi connectivity index (χ1) is 22.0. The molecule has 3 fully saturated rings. The van der Waals surface area contributed by atoms with E-state index in [0.29, 0.717) is 44.1 Å². The Kier molecular flexibility index (Phi) is 12.7. The fraction of sp³-hybridized carbons (Fsp3) is 0.625. The third-order valence-electron chi connectivity index (χ3n) is 8.66. The Hall–Kier alpha value is -3.33. The Bertz CT molecular complexity index is 1230. The zero-order valence-corrected chi connectivity index (χ0v) is 26.7. The van der Waals surface area contributed by atoms with E-state index in [4.69, 9.17) is 24.7 Å². The summed E-state index contributed by atoms with van der Waals surface area (Å²) < 4.78 is 64.0. The number of amidine groups is 1. The fourth-order valence-electron chi connectivity index (χ4n) is 5.98. The second kappa shape index (κ2) is 16.5. The maximum atomic E-state index is 13.7. The van der Waals surface area contributed by atoms with Crippen molar-refractivity contribution >= 4 is 11.9 Å². The molecule has 4 rings (SSSR count). The molecule has 0 spiro atoms. The summed E-state index contributed by atoms with van der Waals surface area (Å²) in [6, 6.07) is 6.09. The molecule has 1 amide bonds. The van der Waals surface area contributed by atoms with Crippen LogP contribution in [0.3, 0.4) is 0 Å². The van der Waals surface area contributed by atoms with Crippen molar-refractivity contribution in [3.63, 3.8) is 0 Å². The minimum Gasteiger partial charge on any atom is -0.469 e. The highest BCUT2D eigenvalue weighted by atomic mass is 19.4. The normalized spacial score (nSPS) is 25.4. The van der Waals surface area contributed by atoms with Crippen LogP contribution in [0.15, 0.2) is 52.8 Å². The number of aliphatic imine (C=N–C) groups is 1. The number of likely N-dealkylation sites (tertiary alicyclic amines) is 1. The number of nitrogens with zero attached hydrogens (tertiary/aromatic N) is 2. The first kappa shape index (κ1) is 35.5. The summed E-state index contributed by atoms with van der Waals surface area (Å²) in [4.78, 5) is 19.8. The van der Waals surface area contributed by atoms with E-state index < -0.39 is 6.36 Å². The van der Waals surface area contributed by atoms with Gasteiger partial charge in [0.05, 0.1) is 32.0 Å². The molecule has 3 heterocycles. The van der Waals surface area contributed by atoms with Gasteiger partial charge in [0.2, 0.25) is 0 Å². The van der Waals surface area contributed by atoms with Crippen molar-refractivity contribution in [2.45, 2.75) is 82.2 Å². The monoisotopic (exact) mass is 653 g/mol. The van der Waals surface area contributed by atoms with Crippen molar-refractivity contribution in [2.24, 2.45) is 10.7 Å². The van der Waals surface area contributed by atoms with Gasteiger partial charge in [0.1, 0.15) is 11.4 Å². The Balaban J connectivity index is 1.34. The molecule has 46 heavy (non-hydrogen) atoms. The molecule has 0 bridgehead atoms. The molecule has 3 aliphatic heterocycles. The number of allylic oxidation sites excluding steroid dienone is 1. The number of halogens is 3. The number of alkyl halides is 3. The van der Waals surface area contributed by atoms with Crippen LogP contribution < -0.4 is 21.1 Å². The summed E-state index contributed by atoms with van der Waals surface area (Å²) in [7, 11) is 3.08. The van der Waals surface area contributed by atoms with E-state index >= 15 is 0 Å². The number of ether oxygens (including phenoxy) is 5. The summed E-state index contributed by atoms with van der Waals surface area (Å²) in [6.07, 6.45) is -0.321. The van der Waals surface area contributed by atoms with Gasteiger partial charge in [-0.25, -0.2) is 0 Å². The molecule has 0 aliphatic carbocycles. The predicted octanol–water partition coefficient (Wildman–Crippen LogP) is 3.92. The van der Waals surface area contributed by atoms with Gasteiger partial charge in [0.15, 0.2) is 0 Å². The van der Waals surface area contributed by atoms with Crippen molar-refractivity contribution < 1.29 is 41.7 Å². The second-order valence-electron chi connectivity index (χ2n) is 11.8. The van der Waals surface area contributed by atoms with Crippen LogP contribution in [0.4, 0.5) is 13.2 Å². The highest BCUT2D eigenvalue weighted by molar-refractivity contribution is 5.96. The lowest BCUT2D eigenvalue weighted by atomic mass is 9.98. The van der Waals surface area contributed by atoms with Gasteiger partial charge >= 0.3 is 6.36 Å². The standard InChI is InChI=1S/C32H46F3N5O6/c1-20(21(2)37-18-25-6-5-7-27(45-25)22-8-10-24(11-9-22)46-32(33,34)35)29(39-31(36)43-4)30(41)40-15-12-23(13-16-40)38-26-14-17-44-19-28(26)42-3/h8-11,23,25-28,37-38H,2,5-7,12-19H2,1,3-4H3,(H2,36,39)/b29-20-/t25-,26+,27+,28-/m1/s1. The zero-order chi connectivity index (χ0) is 33.3. The number of carbonyl (C=O) groups is 1. The molecule has 4 atom stereocenters. The topological polar surface area (TPSA) is 129 Å². The SMILES string of the molecule is C=C(NC[C@H]1CCC[C@@H](c2ccc(OC(F)(F)F)cc2)O1)/C(C)=C(\N=C(N)OC)C(=O)N1CCC(N[C@H]2CCOC[C@H]2OC)CC1. The molecule has 1 aromatic rings. The third kappa shape index (κ3) is 10.1. The highest BCUT2D eigenvalue weighted by Crippen LogP contribution is 2.33. The summed E-state index contributed by atoms with van der Waals surface area (Å²) >= 11 is 0. The molecule has 0 saturated carbocycles. The van der Waals surface area contributed by atoms with Crippen LogP contribution in [0.5, 0.6) is 5.75 Å². The maximum Gasteiger partial charge on any atom is 0.573 e. The summed E-state index contributed by atoms with van der Waals surface area (Å²) in [5.74, 6) is -0.533. The molecule has 1 aromatic carbocycles. The lowest BCUT2D eigenvalue weighted by molar-refractivity contribution is -0.274. The van der Waals surface area contributed by atoms with E-state index in [9.17, 15) is 18.0 Å². The molecule has 0 aromatic heterocycles. The van der Waals surface area contributed by atoms with Crippen LogP contribution in [-0.4, -0.2) is 94.6 Å². The summed E-state index contributed by atoms with van der Waals surface area (Å²) in [5.41, 5.74) is 7.84. The van der Waals surface area contributed by atoms with E-state index in [1.807, 2.05) is 0 Å². The van der Waals surface area contributed by atoms with E-state index in [-0.39, 0.29) is 53.8 Å². The molecule has 256 valence electrons. The van der Waals surface area contributed by atoms with Crippen molar-refractivity contribution in [3.05, 3.63) is 53.4 Å². The average molecular weight is 654 g/mol. The van der Waals surface area contributed by atoms with E-state index in [1.54, 1.807) is 31.1 Å². The number of benzene rings is 1. The number of nitrogens with two attached hydrogens (primary N) is 1. The quantitative estimate of drug-likeness (QED) is 0.141. The molecule has 3 aliphatic rings. The summed E-state index contributed by atoms with van der Waals surface area (Å²) in [6.45, 7) is 8.69. The van der Waals surface area contributed by atoms with Gasteiger partial charge in [-0.05, 0) is 63.1 Å². The van der Waals surface area contributed by atoms with Crippen LogP contribution in [0.25, 0.3) is 0 Å². The molecular weight excluding hydrogens is 607 g/mol. The number of hydrogen-bond donors (Lipinski definition) is 3. The Morgan fingerprint density at radius 1 is 1.13 bits per heavy atom. The molecule has 3 saturated heterocycles. The molecule has 4 N–H and O–H groups in total. The molecule has 0 radical (unpaired) electrons. The first-order valence-corrected chi connectivity index (χ1v) is 15.7. The number of rotatable bonds is 11. The van der Waals surface area contributed by atoms with Gasteiger partial charge in [-0.3, -0.25) is 4.79 Å².